The van der Waals surface area contributed by atoms with Gasteiger partial charge in [-0.25, -0.2) is 19.3 Å². The van der Waals surface area contributed by atoms with Crippen LogP contribution in [-0.4, -0.2) is 35.4 Å². The van der Waals surface area contributed by atoms with E-state index in [1.807, 2.05) is 45.9 Å². The van der Waals surface area contributed by atoms with Crippen molar-refractivity contribution in [2.45, 2.75) is 40.7 Å². The van der Waals surface area contributed by atoms with E-state index in [4.69, 9.17) is 23.2 Å². The number of rotatable bonds is 6. The Morgan fingerprint density at radius 3 is 2.52 bits per heavy atom. The first-order valence-corrected chi connectivity index (χ1v) is 11.1. The molecule has 0 atom stereocenters. The summed E-state index contributed by atoms with van der Waals surface area (Å²) < 4.78 is 3.35. The molecule has 3 aromatic heterocycles. The van der Waals surface area contributed by atoms with Crippen LogP contribution in [0, 0.1) is 27.7 Å². The molecule has 4 aromatic rings. The number of amides is 1. The van der Waals surface area contributed by atoms with E-state index in [-0.39, 0.29) is 12.3 Å². The zero-order valence-corrected chi connectivity index (χ0v) is 20.2. The molecule has 3 heterocycles. The van der Waals surface area contributed by atoms with Crippen LogP contribution in [0.2, 0.25) is 10.0 Å². The van der Waals surface area contributed by atoms with E-state index in [0.29, 0.717) is 28.4 Å². The van der Waals surface area contributed by atoms with Gasteiger partial charge in [0.15, 0.2) is 0 Å². The van der Waals surface area contributed by atoms with Crippen LogP contribution in [-0.2, 0) is 17.8 Å². The molecule has 0 fully saturated rings. The molecular weight excluding hydrogens is 461 g/mol. The highest BCUT2D eigenvalue weighted by atomic mass is 35.5. The lowest BCUT2D eigenvalue weighted by atomic mass is 10.1. The predicted molar refractivity (Wildman–Crippen MR) is 128 cm³/mol. The van der Waals surface area contributed by atoms with Crippen LogP contribution >= 0.6 is 23.2 Å². The number of carbonyl (C=O) groups is 1. The Labute approximate surface area is 201 Å². The van der Waals surface area contributed by atoms with Crippen LogP contribution in [0.1, 0.15) is 33.9 Å². The summed E-state index contributed by atoms with van der Waals surface area (Å²) in [6.07, 6.45) is 1.78. The van der Waals surface area contributed by atoms with Gasteiger partial charge in [0, 0.05) is 28.7 Å². The zero-order valence-electron chi connectivity index (χ0n) is 18.7. The summed E-state index contributed by atoms with van der Waals surface area (Å²) in [6.45, 7) is 7.99. The summed E-state index contributed by atoms with van der Waals surface area (Å²) in [4.78, 5) is 21.9. The minimum atomic E-state index is -0.180. The summed E-state index contributed by atoms with van der Waals surface area (Å²) in [7, 11) is 0. The SMILES string of the molecule is Cc1cc(C)nc(-n2nc(C)c(CC(=O)Nc3ccnn3Cc3cccc(Cl)c3Cl)c2C)n1. The van der Waals surface area contributed by atoms with Gasteiger partial charge >= 0.3 is 0 Å². The quantitative estimate of drug-likeness (QED) is 0.431. The van der Waals surface area contributed by atoms with Gasteiger partial charge in [-0.05, 0) is 45.4 Å². The standard InChI is InChI=1S/C23H23Cl2N7O/c1-13-10-14(2)28-23(27-13)32-16(4)18(15(3)30-32)11-21(33)29-20-8-9-26-31(20)12-17-6-5-7-19(24)22(17)25/h5-10H,11-12H2,1-4H3,(H,29,33). The van der Waals surface area contributed by atoms with Crippen LogP contribution in [0.4, 0.5) is 5.82 Å². The van der Waals surface area contributed by atoms with Crippen LogP contribution in [0.15, 0.2) is 36.5 Å². The molecule has 1 amide bonds. The van der Waals surface area contributed by atoms with Crippen molar-refractivity contribution in [1.29, 1.82) is 0 Å². The topological polar surface area (TPSA) is 90.5 Å². The summed E-state index contributed by atoms with van der Waals surface area (Å²) in [6, 6.07) is 9.07. The average molecular weight is 484 g/mol. The molecule has 0 radical (unpaired) electrons. The van der Waals surface area contributed by atoms with Crippen LogP contribution < -0.4 is 5.32 Å². The van der Waals surface area contributed by atoms with Gasteiger partial charge in [0.25, 0.3) is 5.95 Å². The van der Waals surface area contributed by atoms with Gasteiger partial charge in [-0.1, -0.05) is 35.3 Å². The van der Waals surface area contributed by atoms with Gasteiger partial charge in [-0.3, -0.25) is 4.79 Å². The fourth-order valence-corrected chi connectivity index (χ4v) is 4.05. The first-order valence-electron chi connectivity index (χ1n) is 10.3. The van der Waals surface area contributed by atoms with Crippen molar-refractivity contribution in [3.8, 4) is 5.95 Å². The highest BCUT2D eigenvalue weighted by Crippen LogP contribution is 2.27. The zero-order chi connectivity index (χ0) is 23.7. The second-order valence-electron chi connectivity index (χ2n) is 7.82. The number of aromatic nitrogens is 6. The summed E-state index contributed by atoms with van der Waals surface area (Å²) in [5.74, 6) is 0.883. The molecule has 170 valence electrons. The third-order valence-corrected chi connectivity index (χ3v) is 6.13. The lowest BCUT2D eigenvalue weighted by molar-refractivity contribution is -0.115. The first-order chi connectivity index (χ1) is 15.7. The maximum Gasteiger partial charge on any atom is 0.251 e. The van der Waals surface area contributed by atoms with Gasteiger partial charge in [-0.15, -0.1) is 0 Å². The average Bonchev–Trinajstić information content (AvgIpc) is 3.29. The van der Waals surface area contributed by atoms with Gasteiger partial charge in [0.05, 0.1) is 34.9 Å². The Hall–Kier alpha value is -3.23. The third kappa shape index (κ3) is 4.91. The molecule has 0 spiro atoms. The number of carbonyl (C=O) groups excluding carboxylic acids is 1. The Morgan fingerprint density at radius 2 is 1.79 bits per heavy atom. The second-order valence-corrected chi connectivity index (χ2v) is 8.61. The highest BCUT2D eigenvalue weighted by molar-refractivity contribution is 6.42. The fourth-order valence-electron chi connectivity index (χ4n) is 3.67. The molecule has 0 aliphatic rings. The molecule has 0 unspecified atom stereocenters. The molecule has 0 bridgehead atoms. The molecule has 0 aliphatic heterocycles. The highest BCUT2D eigenvalue weighted by Gasteiger charge is 2.19. The molecule has 33 heavy (non-hydrogen) atoms. The monoisotopic (exact) mass is 483 g/mol. The molecule has 0 aliphatic carbocycles. The molecule has 1 aromatic carbocycles. The lowest BCUT2D eigenvalue weighted by Gasteiger charge is -2.11. The van der Waals surface area contributed by atoms with Crippen LogP contribution in [0.5, 0.6) is 0 Å². The fraction of sp³-hybridized carbons (Fsp3) is 0.261. The lowest BCUT2D eigenvalue weighted by Crippen LogP contribution is -2.18. The second kappa shape index (κ2) is 9.33. The minimum Gasteiger partial charge on any atom is -0.311 e. The van der Waals surface area contributed by atoms with Crippen LogP contribution in [0.25, 0.3) is 5.95 Å². The number of hydrogen-bond acceptors (Lipinski definition) is 5. The maximum atomic E-state index is 12.9. The Balaban J connectivity index is 1.52. The van der Waals surface area contributed by atoms with Crippen molar-refractivity contribution in [3.63, 3.8) is 0 Å². The van der Waals surface area contributed by atoms with Crippen molar-refractivity contribution in [3.05, 3.63) is 80.5 Å². The Bertz CT molecular complexity index is 1320. The number of aryl methyl sites for hydroxylation is 3. The normalized spacial score (nSPS) is 11.1. The minimum absolute atomic E-state index is 0.158. The Kier molecular flexibility index (Phi) is 6.49. The van der Waals surface area contributed by atoms with Crippen LogP contribution in [0.3, 0.4) is 0 Å². The molecule has 10 heteroatoms. The van der Waals surface area contributed by atoms with Crippen molar-refractivity contribution in [2.24, 2.45) is 0 Å². The van der Waals surface area contributed by atoms with E-state index in [1.165, 1.54) is 0 Å². The molecule has 8 nitrogen and oxygen atoms in total. The smallest absolute Gasteiger partial charge is 0.251 e. The van der Waals surface area contributed by atoms with E-state index in [0.717, 1.165) is 33.9 Å². The van der Waals surface area contributed by atoms with E-state index >= 15 is 0 Å². The van der Waals surface area contributed by atoms with E-state index in [1.54, 1.807) is 27.7 Å². The number of benzene rings is 1. The number of anilines is 1. The van der Waals surface area contributed by atoms with Crippen molar-refractivity contribution >= 4 is 34.9 Å². The van der Waals surface area contributed by atoms with Crippen molar-refractivity contribution < 1.29 is 4.79 Å². The van der Waals surface area contributed by atoms with Gasteiger partial charge in [-0.2, -0.15) is 10.2 Å². The Morgan fingerprint density at radius 1 is 1.06 bits per heavy atom. The predicted octanol–water partition coefficient (Wildman–Crippen LogP) is 4.63. The van der Waals surface area contributed by atoms with E-state index in [9.17, 15) is 4.79 Å². The molecule has 1 N–H and O–H groups in total. The van der Waals surface area contributed by atoms with E-state index in [2.05, 4.69) is 25.5 Å². The summed E-state index contributed by atoms with van der Waals surface area (Å²) in [5.41, 5.74) is 4.94. The number of nitrogens with zero attached hydrogens (tertiary/aromatic N) is 6. The molecule has 4 rings (SSSR count). The third-order valence-electron chi connectivity index (χ3n) is 5.27. The van der Waals surface area contributed by atoms with Gasteiger partial charge in [0.1, 0.15) is 5.82 Å². The number of hydrogen-bond donors (Lipinski definition) is 1. The van der Waals surface area contributed by atoms with Crippen molar-refractivity contribution in [2.75, 3.05) is 5.32 Å². The number of halogens is 2. The molecule has 0 saturated heterocycles. The van der Waals surface area contributed by atoms with Gasteiger partial charge < -0.3 is 5.32 Å². The molecular formula is C23H23Cl2N7O. The summed E-state index contributed by atoms with van der Waals surface area (Å²) >= 11 is 12.4. The van der Waals surface area contributed by atoms with E-state index < -0.39 is 0 Å². The van der Waals surface area contributed by atoms with Crippen molar-refractivity contribution in [1.82, 2.24) is 29.5 Å². The first kappa shape index (κ1) is 22.9. The largest absolute Gasteiger partial charge is 0.311 e. The van der Waals surface area contributed by atoms with Gasteiger partial charge in [0.2, 0.25) is 5.91 Å². The number of nitrogens with one attached hydrogen (secondary N) is 1. The maximum absolute atomic E-state index is 12.9. The molecule has 0 saturated carbocycles. The summed E-state index contributed by atoms with van der Waals surface area (Å²) in [5, 5.41) is 12.8.